The summed E-state index contributed by atoms with van der Waals surface area (Å²) >= 11 is 6.38. The van der Waals surface area contributed by atoms with E-state index >= 15 is 0 Å². The standard InChI is InChI=1S/C20H18N2O4S2/c1-12-4-7-14(8-5-12)18(23)21-22-19(24)17(28-20(22)27)11-13-6-9-15(25-2)16(10-13)26-3/h4-11H,1-3H3,(H,21,23)/b17-11+. The summed E-state index contributed by atoms with van der Waals surface area (Å²) in [5.41, 5.74) is 4.81. The van der Waals surface area contributed by atoms with Crippen LogP contribution in [0.4, 0.5) is 0 Å². The number of thioether (sulfide) groups is 1. The molecule has 6 nitrogen and oxygen atoms in total. The topological polar surface area (TPSA) is 67.9 Å². The number of hydrogen-bond donors (Lipinski definition) is 1. The fourth-order valence-electron chi connectivity index (χ4n) is 2.53. The van der Waals surface area contributed by atoms with Crippen LogP contribution in [0.1, 0.15) is 21.5 Å². The minimum atomic E-state index is -0.399. The van der Waals surface area contributed by atoms with Gasteiger partial charge < -0.3 is 9.47 Å². The average molecular weight is 415 g/mol. The molecule has 1 heterocycles. The molecule has 2 aromatic rings. The van der Waals surface area contributed by atoms with E-state index in [0.29, 0.717) is 22.0 Å². The number of ether oxygens (including phenoxy) is 2. The normalized spacial score (nSPS) is 15.1. The van der Waals surface area contributed by atoms with E-state index in [0.717, 1.165) is 27.9 Å². The van der Waals surface area contributed by atoms with Gasteiger partial charge in [0.05, 0.1) is 19.1 Å². The fraction of sp³-hybridized carbons (Fsp3) is 0.150. The van der Waals surface area contributed by atoms with Crippen LogP contribution in [0.2, 0.25) is 0 Å². The SMILES string of the molecule is COc1ccc(/C=C2/SC(=S)N(NC(=O)c3ccc(C)cc3)C2=O)cc1OC. The summed E-state index contributed by atoms with van der Waals surface area (Å²) in [5.74, 6) is 0.367. The summed E-state index contributed by atoms with van der Waals surface area (Å²) in [4.78, 5) is 25.5. The number of rotatable bonds is 5. The molecule has 0 aliphatic carbocycles. The Labute approximate surface area is 172 Å². The van der Waals surface area contributed by atoms with Gasteiger partial charge in [0.25, 0.3) is 11.8 Å². The number of amides is 2. The van der Waals surface area contributed by atoms with E-state index in [2.05, 4.69) is 5.43 Å². The third-order valence-electron chi connectivity index (χ3n) is 4.03. The zero-order valence-corrected chi connectivity index (χ0v) is 17.1. The van der Waals surface area contributed by atoms with Crippen molar-refractivity contribution in [2.75, 3.05) is 14.2 Å². The molecule has 0 saturated carbocycles. The third-order valence-corrected chi connectivity index (χ3v) is 5.33. The Balaban J connectivity index is 1.78. The molecule has 3 rings (SSSR count). The van der Waals surface area contributed by atoms with Gasteiger partial charge in [0.15, 0.2) is 15.8 Å². The van der Waals surface area contributed by atoms with Gasteiger partial charge in [0, 0.05) is 5.56 Å². The molecule has 0 atom stereocenters. The van der Waals surface area contributed by atoms with Crippen LogP contribution in [-0.4, -0.2) is 35.4 Å². The maximum atomic E-state index is 12.7. The van der Waals surface area contributed by atoms with Crippen LogP contribution in [0.15, 0.2) is 47.4 Å². The van der Waals surface area contributed by atoms with E-state index in [1.807, 2.05) is 19.1 Å². The second kappa shape index (κ2) is 8.45. The van der Waals surface area contributed by atoms with E-state index in [4.69, 9.17) is 21.7 Å². The van der Waals surface area contributed by atoms with Crippen LogP contribution in [0.5, 0.6) is 11.5 Å². The van der Waals surface area contributed by atoms with Crippen LogP contribution in [0.25, 0.3) is 6.08 Å². The first-order valence-corrected chi connectivity index (χ1v) is 9.53. The molecule has 0 bridgehead atoms. The van der Waals surface area contributed by atoms with E-state index in [1.165, 1.54) is 0 Å². The van der Waals surface area contributed by atoms with Crippen LogP contribution in [0.3, 0.4) is 0 Å². The smallest absolute Gasteiger partial charge is 0.285 e. The summed E-state index contributed by atoms with van der Waals surface area (Å²) in [6.45, 7) is 1.93. The zero-order valence-electron chi connectivity index (χ0n) is 15.5. The second-order valence-electron chi connectivity index (χ2n) is 5.94. The maximum Gasteiger partial charge on any atom is 0.285 e. The fourth-order valence-corrected chi connectivity index (χ4v) is 3.71. The Hall–Kier alpha value is -2.84. The van der Waals surface area contributed by atoms with Crippen molar-refractivity contribution in [2.24, 2.45) is 0 Å². The van der Waals surface area contributed by atoms with E-state index in [9.17, 15) is 9.59 Å². The lowest BCUT2D eigenvalue weighted by molar-refractivity contribution is -0.123. The molecule has 2 aromatic carbocycles. The number of hydrazine groups is 1. The largest absolute Gasteiger partial charge is 0.493 e. The molecule has 1 saturated heterocycles. The Kier molecular flexibility index (Phi) is 6.01. The monoisotopic (exact) mass is 414 g/mol. The van der Waals surface area contributed by atoms with Crippen molar-refractivity contribution < 1.29 is 19.1 Å². The zero-order chi connectivity index (χ0) is 20.3. The first kappa shape index (κ1) is 19.9. The Morgan fingerprint density at radius 1 is 1.11 bits per heavy atom. The van der Waals surface area contributed by atoms with Crippen LogP contribution >= 0.6 is 24.0 Å². The summed E-state index contributed by atoms with van der Waals surface area (Å²) in [6.07, 6.45) is 1.69. The van der Waals surface area contributed by atoms with Gasteiger partial charge >= 0.3 is 0 Å². The minimum absolute atomic E-state index is 0.261. The number of thiocarbonyl (C=S) groups is 1. The lowest BCUT2D eigenvalue weighted by Gasteiger charge is -2.15. The van der Waals surface area contributed by atoms with Crippen molar-refractivity contribution in [3.8, 4) is 11.5 Å². The second-order valence-corrected chi connectivity index (χ2v) is 7.61. The summed E-state index contributed by atoms with van der Waals surface area (Å²) in [7, 11) is 3.10. The number of benzene rings is 2. The third kappa shape index (κ3) is 4.18. The minimum Gasteiger partial charge on any atom is -0.493 e. The molecule has 8 heteroatoms. The van der Waals surface area contributed by atoms with Gasteiger partial charge in [-0.2, -0.15) is 5.01 Å². The number of carbonyl (C=O) groups is 2. The number of carbonyl (C=O) groups excluding carboxylic acids is 2. The number of hydrogen-bond acceptors (Lipinski definition) is 6. The van der Waals surface area contributed by atoms with Gasteiger partial charge in [0.2, 0.25) is 0 Å². The van der Waals surface area contributed by atoms with Gasteiger partial charge in [-0.1, -0.05) is 35.5 Å². The highest BCUT2D eigenvalue weighted by Crippen LogP contribution is 2.34. The number of aryl methyl sites for hydroxylation is 1. The summed E-state index contributed by atoms with van der Waals surface area (Å²) in [6, 6.07) is 12.4. The van der Waals surface area contributed by atoms with Gasteiger partial charge in [-0.05, 0) is 55.0 Å². The molecule has 28 heavy (non-hydrogen) atoms. The lowest BCUT2D eigenvalue weighted by atomic mass is 10.1. The highest BCUT2D eigenvalue weighted by Gasteiger charge is 2.33. The molecule has 1 aliphatic rings. The van der Waals surface area contributed by atoms with Crippen molar-refractivity contribution in [1.29, 1.82) is 0 Å². The molecule has 0 spiro atoms. The highest BCUT2D eigenvalue weighted by atomic mass is 32.2. The quantitative estimate of drug-likeness (QED) is 0.596. The molecule has 0 unspecified atom stereocenters. The van der Waals surface area contributed by atoms with Crippen molar-refractivity contribution in [3.63, 3.8) is 0 Å². The molecule has 2 amide bonds. The van der Waals surface area contributed by atoms with Crippen LogP contribution in [0, 0.1) is 6.92 Å². The van der Waals surface area contributed by atoms with Crippen LogP contribution in [-0.2, 0) is 4.79 Å². The van der Waals surface area contributed by atoms with Crippen molar-refractivity contribution >= 4 is 46.2 Å². The summed E-state index contributed by atoms with van der Waals surface area (Å²) < 4.78 is 10.8. The predicted octanol–water partition coefficient (Wildman–Crippen LogP) is 3.56. The Morgan fingerprint density at radius 2 is 1.79 bits per heavy atom. The van der Waals surface area contributed by atoms with Crippen LogP contribution < -0.4 is 14.9 Å². The molecule has 1 fully saturated rings. The molecule has 1 aliphatic heterocycles. The molecule has 0 radical (unpaired) electrons. The van der Waals surface area contributed by atoms with Gasteiger partial charge in [-0.25, -0.2) is 0 Å². The first-order valence-electron chi connectivity index (χ1n) is 8.30. The van der Waals surface area contributed by atoms with E-state index in [-0.39, 0.29) is 10.2 Å². The van der Waals surface area contributed by atoms with Crippen molar-refractivity contribution in [3.05, 3.63) is 64.1 Å². The van der Waals surface area contributed by atoms with E-state index in [1.54, 1.807) is 50.6 Å². The Bertz CT molecular complexity index is 971. The van der Waals surface area contributed by atoms with E-state index < -0.39 is 5.91 Å². The molecular weight excluding hydrogens is 396 g/mol. The number of nitrogens with zero attached hydrogens (tertiary/aromatic N) is 1. The highest BCUT2D eigenvalue weighted by molar-refractivity contribution is 8.26. The van der Waals surface area contributed by atoms with Gasteiger partial charge in [0.1, 0.15) is 0 Å². The van der Waals surface area contributed by atoms with Gasteiger partial charge in [-0.3, -0.25) is 15.0 Å². The summed E-state index contributed by atoms with van der Waals surface area (Å²) in [5, 5.41) is 1.09. The number of methoxy groups -OCH3 is 2. The molecule has 0 aromatic heterocycles. The maximum absolute atomic E-state index is 12.7. The first-order chi connectivity index (χ1) is 13.4. The Morgan fingerprint density at radius 3 is 2.43 bits per heavy atom. The average Bonchev–Trinajstić information content (AvgIpc) is 2.95. The van der Waals surface area contributed by atoms with Crippen molar-refractivity contribution in [2.45, 2.75) is 6.92 Å². The molecule has 1 N–H and O–H groups in total. The van der Waals surface area contributed by atoms with Gasteiger partial charge in [-0.15, -0.1) is 0 Å². The lowest BCUT2D eigenvalue weighted by Crippen LogP contribution is -2.44. The molecule has 144 valence electrons. The molecular formula is C20H18N2O4S2. The van der Waals surface area contributed by atoms with Crippen molar-refractivity contribution in [1.82, 2.24) is 10.4 Å². The predicted molar refractivity (Wildman–Crippen MR) is 113 cm³/mol. The number of nitrogens with one attached hydrogen (secondary N) is 1.